The van der Waals surface area contributed by atoms with Gasteiger partial charge in [0.15, 0.2) is 5.82 Å². The Bertz CT molecular complexity index is 436. The summed E-state index contributed by atoms with van der Waals surface area (Å²) < 4.78 is 0. The van der Waals surface area contributed by atoms with Gasteiger partial charge in [-0.3, -0.25) is 14.5 Å². The summed E-state index contributed by atoms with van der Waals surface area (Å²) in [5.74, 6) is 0.766. The highest BCUT2D eigenvalue weighted by atomic mass is 32.2. The molecule has 0 atom stereocenters. The van der Waals surface area contributed by atoms with Crippen molar-refractivity contribution in [3.8, 4) is 0 Å². The minimum atomic E-state index is -0.0947. The van der Waals surface area contributed by atoms with Crippen LogP contribution in [0.15, 0.2) is 17.4 Å². The van der Waals surface area contributed by atoms with E-state index in [9.17, 15) is 9.59 Å². The third-order valence-corrected chi connectivity index (χ3v) is 3.37. The maximum atomic E-state index is 11.3. The molecular weight excluding hydrogens is 240 g/mol. The fraction of sp³-hybridized carbons (Fsp3) is 0.400. The zero-order chi connectivity index (χ0) is 12.3. The van der Waals surface area contributed by atoms with Crippen molar-refractivity contribution in [2.24, 2.45) is 0 Å². The highest BCUT2D eigenvalue weighted by Gasteiger charge is 2.28. The lowest BCUT2D eigenvalue weighted by Crippen LogP contribution is -2.31. The van der Waals surface area contributed by atoms with Crippen LogP contribution in [-0.4, -0.2) is 39.0 Å². The van der Waals surface area contributed by atoms with Crippen molar-refractivity contribution in [3.63, 3.8) is 0 Å². The summed E-state index contributed by atoms with van der Waals surface area (Å²) in [6.45, 7) is 0.401. The van der Waals surface area contributed by atoms with Crippen molar-refractivity contribution >= 4 is 29.4 Å². The van der Waals surface area contributed by atoms with E-state index in [2.05, 4.69) is 9.97 Å². The van der Waals surface area contributed by atoms with Gasteiger partial charge in [-0.25, -0.2) is 9.97 Å². The number of imide groups is 1. The number of aromatic nitrogens is 2. The van der Waals surface area contributed by atoms with E-state index in [-0.39, 0.29) is 11.8 Å². The smallest absolute Gasteiger partial charge is 0.229 e. The Balaban J connectivity index is 1.86. The fourth-order valence-corrected chi connectivity index (χ4v) is 2.36. The SMILES string of the molecule is Nc1nccnc1SCCN1C(=O)CCC1=O. The average Bonchev–Trinajstić information content (AvgIpc) is 2.63. The molecule has 2 rings (SSSR count). The first kappa shape index (κ1) is 11.8. The molecule has 17 heavy (non-hydrogen) atoms. The van der Waals surface area contributed by atoms with Crippen LogP contribution in [0.1, 0.15) is 12.8 Å². The molecule has 1 aliphatic rings. The Morgan fingerprint density at radius 3 is 2.53 bits per heavy atom. The number of thioether (sulfide) groups is 1. The molecule has 1 saturated heterocycles. The molecule has 7 heteroatoms. The molecule has 0 bridgehead atoms. The first-order valence-electron chi connectivity index (χ1n) is 5.21. The first-order chi connectivity index (χ1) is 8.18. The van der Waals surface area contributed by atoms with Crippen molar-refractivity contribution < 1.29 is 9.59 Å². The largest absolute Gasteiger partial charge is 0.381 e. The Morgan fingerprint density at radius 2 is 1.88 bits per heavy atom. The molecule has 6 nitrogen and oxygen atoms in total. The van der Waals surface area contributed by atoms with Crippen LogP contribution < -0.4 is 5.73 Å². The second-order valence-electron chi connectivity index (χ2n) is 3.53. The molecule has 90 valence electrons. The molecule has 0 saturated carbocycles. The van der Waals surface area contributed by atoms with Gasteiger partial charge < -0.3 is 5.73 Å². The van der Waals surface area contributed by atoms with E-state index in [1.54, 1.807) is 6.20 Å². The first-order valence-corrected chi connectivity index (χ1v) is 6.19. The number of anilines is 1. The molecular formula is C10H12N4O2S. The van der Waals surface area contributed by atoms with Gasteiger partial charge in [0, 0.05) is 37.5 Å². The molecule has 0 radical (unpaired) electrons. The van der Waals surface area contributed by atoms with Gasteiger partial charge >= 0.3 is 0 Å². The van der Waals surface area contributed by atoms with Crippen LogP contribution in [0, 0.1) is 0 Å². The molecule has 2 amide bonds. The van der Waals surface area contributed by atoms with Crippen LogP contribution in [0.4, 0.5) is 5.82 Å². The summed E-state index contributed by atoms with van der Waals surface area (Å²) in [5.41, 5.74) is 5.63. The number of likely N-dealkylation sites (tertiary alicyclic amines) is 1. The van der Waals surface area contributed by atoms with Gasteiger partial charge in [0.25, 0.3) is 0 Å². The van der Waals surface area contributed by atoms with Crippen LogP contribution in [-0.2, 0) is 9.59 Å². The summed E-state index contributed by atoms with van der Waals surface area (Å²) >= 11 is 1.39. The normalized spacial score (nSPS) is 15.6. The summed E-state index contributed by atoms with van der Waals surface area (Å²) in [7, 11) is 0. The van der Waals surface area contributed by atoms with Gasteiger partial charge in [-0.05, 0) is 0 Å². The second kappa shape index (κ2) is 5.13. The van der Waals surface area contributed by atoms with Gasteiger partial charge in [-0.15, -0.1) is 11.8 Å². The predicted octanol–water partition coefficient (Wildman–Crippen LogP) is 0.300. The van der Waals surface area contributed by atoms with Crippen molar-refractivity contribution in [2.75, 3.05) is 18.0 Å². The van der Waals surface area contributed by atoms with E-state index >= 15 is 0 Å². The highest BCUT2D eigenvalue weighted by Crippen LogP contribution is 2.20. The van der Waals surface area contributed by atoms with Crippen LogP contribution >= 0.6 is 11.8 Å². The molecule has 1 fully saturated rings. The van der Waals surface area contributed by atoms with Gasteiger partial charge in [0.1, 0.15) is 5.03 Å². The maximum Gasteiger partial charge on any atom is 0.229 e. The number of nitrogens with two attached hydrogens (primary N) is 1. The Kier molecular flexibility index (Phi) is 3.58. The van der Waals surface area contributed by atoms with Crippen LogP contribution in [0.5, 0.6) is 0 Å². The lowest BCUT2D eigenvalue weighted by atomic mass is 10.4. The van der Waals surface area contributed by atoms with Gasteiger partial charge in [-0.2, -0.15) is 0 Å². The third-order valence-electron chi connectivity index (χ3n) is 2.40. The highest BCUT2D eigenvalue weighted by molar-refractivity contribution is 7.99. The van der Waals surface area contributed by atoms with Gasteiger partial charge in [0.05, 0.1) is 0 Å². The summed E-state index contributed by atoms with van der Waals surface area (Å²) in [6, 6.07) is 0. The molecule has 1 aromatic rings. The molecule has 2 N–H and O–H groups in total. The van der Waals surface area contributed by atoms with Crippen molar-refractivity contribution in [2.45, 2.75) is 17.9 Å². The average molecular weight is 252 g/mol. The summed E-state index contributed by atoms with van der Waals surface area (Å²) in [4.78, 5) is 31.9. The van der Waals surface area contributed by atoms with E-state index in [0.29, 0.717) is 36.0 Å². The van der Waals surface area contributed by atoms with Crippen LogP contribution in [0.2, 0.25) is 0 Å². The predicted molar refractivity (Wildman–Crippen MR) is 63.1 cm³/mol. The van der Waals surface area contributed by atoms with E-state index in [1.165, 1.54) is 22.9 Å². The van der Waals surface area contributed by atoms with Crippen molar-refractivity contribution in [1.29, 1.82) is 0 Å². The van der Waals surface area contributed by atoms with E-state index < -0.39 is 0 Å². The van der Waals surface area contributed by atoms with E-state index in [1.807, 2.05) is 0 Å². The standard InChI is InChI=1S/C10H12N4O2S/c11-9-10(13-4-3-12-9)17-6-5-14-7(15)1-2-8(14)16/h3-4H,1-2,5-6H2,(H2,11,12). The van der Waals surface area contributed by atoms with E-state index in [0.717, 1.165) is 0 Å². The quantitative estimate of drug-likeness (QED) is 0.612. The second-order valence-corrected chi connectivity index (χ2v) is 4.62. The van der Waals surface area contributed by atoms with Crippen molar-refractivity contribution in [1.82, 2.24) is 14.9 Å². The zero-order valence-corrected chi connectivity index (χ0v) is 9.94. The monoisotopic (exact) mass is 252 g/mol. The molecule has 2 heterocycles. The number of carbonyl (C=O) groups excluding carboxylic acids is 2. The molecule has 0 unspecified atom stereocenters. The maximum absolute atomic E-state index is 11.3. The lowest BCUT2D eigenvalue weighted by molar-refractivity contribution is -0.137. The van der Waals surface area contributed by atoms with E-state index in [4.69, 9.17) is 5.73 Å². The summed E-state index contributed by atoms with van der Waals surface area (Å²) in [6.07, 6.45) is 3.74. The molecule has 1 aliphatic heterocycles. The van der Waals surface area contributed by atoms with Crippen molar-refractivity contribution in [3.05, 3.63) is 12.4 Å². The number of rotatable bonds is 4. The minimum absolute atomic E-state index is 0.0947. The molecule has 1 aromatic heterocycles. The minimum Gasteiger partial charge on any atom is -0.381 e. The van der Waals surface area contributed by atoms with Crippen LogP contribution in [0.3, 0.4) is 0 Å². The topological polar surface area (TPSA) is 89.2 Å². The third kappa shape index (κ3) is 2.73. The summed E-state index contributed by atoms with van der Waals surface area (Å²) in [5, 5.41) is 0.631. The van der Waals surface area contributed by atoms with Crippen LogP contribution in [0.25, 0.3) is 0 Å². The number of nitrogens with zero attached hydrogens (tertiary/aromatic N) is 3. The lowest BCUT2D eigenvalue weighted by Gasteiger charge is -2.12. The molecule has 0 spiro atoms. The number of carbonyl (C=O) groups is 2. The van der Waals surface area contributed by atoms with Gasteiger partial charge in [0.2, 0.25) is 11.8 Å². The zero-order valence-electron chi connectivity index (χ0n) is 9.13. The number of amides is 2. The molecule has 0 aromatic carbocycles. The Labute approximate surface area is 103 Å². The Morgan fingerprint density at radius 1 is 1.24 bits per heavy atom. The fourth-order valence-electron chi connectivity index (χ4n) is 1.55. The molecule has 0 aliphatic carbocycles. The Hall–Kier alpha value is -1.63. The number of hydrogen-bond donors (Lipinski definition) is 1. The van der Waals surface area contributed by atoms with Gasteiger partial charge in [-0.1, -0.05) is 0 Å². The number of nitrogen functional groups attached to an aromatic ring is 1. The number of hydrogen-bond acceptors (Lipinski definition) is 6.